The summed E-state index contributed by atoms with van der Waals surface area (Å²) in [6.07, 6.45) is 0. The molecule has 0 bridgehead atoms. The lowest BCUT2D eigenvalue weighted by atomic mass is 10.2. The van der Waals surface area contributed by atoms with E-state index in [1.807, 2.05) is 7.05 Å². The van der Waals surface area contributed by atoms with Gasteiger partial charge in [-0.3, -0.25) is 4.79 Å². The van der Waals surface area contributed by atoms with Gasteiger partial charge in [-0.05, 0) is 18.2 Å². The van der Waals surface area contributed by atoms with Gasteiger partial charge in [0, 0.05) is 28.1 Å². The number of nitrogens with two attached hydrogens (primary N) is 1. The Morgan fingerprint density at radius 1 is 1.44 bits per heavy atom. The predicted octanol–water partition coefficient (Wildman–Crippen LogP) is 2.48. The van der Waals surface area contributed by atoms with E-state index in [0.717, 1.165) is 15.8 Å². The van der Waals surface area contributed by atoms with E-state index in [1.54, 1.807) is 34.5 Å². The van der Waals surface area contributed by atoms with Gasteiger partial charge < -0.3 is 15.4 Å². The molecular formula is C13H16N2O2S. The molecule has 0 radical (unpaired) electrons. The van der Waals surface area contributed by atoms with E-state index in [2.05, 4.69) is 13.8 Å². The van der Waals surface area contributed by atoms with Gasteiger partial charge >= 0.3 is 0 Å². The minimum absolute atomic E-state index is 0.190. The van der Waals surface area contributed by atoms with E-state index in [0.29, 0.717) is 10.9 Å². The number of aromatic hydroxyl groups is 1. The third kappa shape index (κ3) is 2.06. The van der Waals surface area contributed by atoms with Crippen molar-refractivity contribution in [1.82, 2.24) is 4.57 Å². The van der Waals surface area contributed by atoms with Gasteiger partial charge in [0.25, 0.3) is 5.91 Å². The number of thioether (sulfide) groups is 1. The van der Waals surface area contributed by atoms with Crippen molar-refractivity contribution in [3.8, 4) is 5.75 Å². The molecule has 1 aromatic carbocycles. The largest absolute Gasteiger partial charge is 0.508 e. The molecule has 0 fully saturated rings. The van der Waals surface area contributed by atoms with E-state index in [-0.39, 0.29) is 5.75 Å². The van der Waals surface area contributed by atoms with Gasteiger partial charge in [0.2, 0.25) is 0 Å². The highest BCUT2D eigenvalue weighted by molar-refractivity contribution is 8.00. The monoisotopic (exact) mass is 264 g/mol. The first-order valence-corrected chi connectivity index (χ1v) is 6.57. The van der Waals surface area contributed by atoms with Gasteiger partial charge in [0.05, 0.1) is 0 Å². The van der Waals surface area contributed by atoms with Crippen LogP contribution in [0.5, 0.6) is 5.75 Å². The van der Waals surface area contributed by atoms with Crippen LogP contribution in [0.2, 0.25) is 0 Å². The lowest BCUT2D eigenvalue weighted by Crippen LogP contribution is -2.16. The molecule has 0 unspecified atom stereocenters. The van der Waals surface area contributed by atoms with E-state index in [4.69, 9.17) is 5.73 Å². The maximum Gasteiger partial charge on any atom is 0.266 e. The highest BCUT2D eigenvalue weighted by Crippen LogP contribution is 2.37. The molecule has 0 aliphatic rings. The molecule has 18 heavy (non-hydrogen) atoms. The number of primary amides is 1. The molecule has 1 heterocycles. The molecule has 0 aliphatic heterocycles. The minimum atomic E-state index is -0.448. The Morgan fingerprint density at radius 3 is 2.67 bits per heavy atom. The van der Waals surface area contributed by atoms with E-state index < -0.39 is 5.91 Å². The fourth-order valence-electron chi connectivity index (χ4n) is 2.03. The molecule has 0 saturated heterocycles. The number of phenols is 1. The molecule has 3 N–H and O–H groups in total. The number of hydrogen-bond donors (Lipinski definition) is 2. The van der Waals surface area contributed by atoms with Crippen LogP contribution in [0.25, 0.3) is 10.9 Å². The molecule has 4 nitrogen and oxygen atoms in total. The zero-order valence-electron chi connectivity index (χ0n) is 10.6. The summed E-state index contributed by atoms with van der Waals surface area (Å²) in [7, 11) is 1.81. The second kappa shape index (κ2) is 4.57. The van der Waals surface area contributed by atoms with Crippen molar-refractivity contribution in [3.63, 3.8) is 0 Å². The topological polar surface area (TPSA) is 68.2 Å². The summed E-state index contributed by atoms with van der Waals surface area (Å²) in [5, 5.41) is 10.8. The number of rotatable bonds is 3. The highest BCUT2D eigenvalue weighted by atomic mass is 32.2. The van der Waals surface area contributed by atoms with Gasteiger partial charge in [-0.25, -0.2) is 0 Å². The zero-order chi connectivity index (χ0) is 13.4. The van der Waals surface area contributed by atoms with Crippen molar-refractivity contribution < 1.29 is 9.90 Å². The van der Waals surface area contributed by atoms with Crippen LogP contribution >= 0.6 is 11.8 Å². The second-order valence-corrected chi connectivity index (χ2v) is 6.06. The standard InChI is InChI=1S/C13H16N2O2S/c1-7(2)18-12-9-6-8(16)4-5-10(9)15(3)11(12)13(14)17/h4-7,16H,1-3H3,(H2,14,17). The van der Waals surface area contributed by atoms with E-state index in [9.17, 15) is 9.90 Å². The first-order valence-electron chi connectivity index (χ1n) is 5.69. The quantitative estimate of drug-likeness (QED) is 0.837. The highest BCUT2D eigenvalue weighted by Gasteiger charge is 2.20. The lowest BCUT2D eigenvalue weighted by Gasteiger charge is -2.06. The molecule has 2 aromatic rings. The van der Waals surface area contributed by atoms with Crippen molar-refractivity contribution in [2.24, 2.45) is 12.8 Å². The number of amides is 1. The number of aromatic nitrogens is 1. The fraction of sp³-hybridized carbons (Fsp3) is 0.308. The van der Waals surface area contributed by atoms with Crippen LogP contribution in [0.15, 0.2) is 23.1 Å². The first kappa shape index (κ1) is 12.8. The second-order valence-electron chi connectivity index (χ2n) is 4.47. The Balaban J connectivity index is 2.80. The van der Waals surface area contributed by atoms with Crippen LogP contribution in [0.4, 0.5) is 0 Å². The van der Waals surface area contributed by atoms with Gasteiger partial charge in [-0.1, -0.05) is 13.8 Å². The third-order valence-electron chi connectivity index (χ3n) is 2.72. The van der Waals surface area contributed by atoms with Crippen LogP contribution in [-0.2, 0) is 7.05 Å². The van der Waals surface area contributed by atoms with Crippen molar-refractivity contribution in [2.45, 2.75) is 24.0 Å². The van der Waals surface area contributed by atoms with Gasteiger partial charge in [-0.2, -0.15) is 0 Å². The van der Waals surface area contributed by atoms with Crippen molar-refractivity contribution >= 4 is 28.6 Å². The van der Waals surface area contributed by atoms with Crippen LogP contribution in [-0.4, -0.2) is 20.8 Å². The summed E-state index contributed by atoms with van der Waals surface area (Å²) >= 11 is 1.58. The van der Waals surface area contributed by atoms with Crippen LogP contribution < -0.4 is 5.73 Å². The average Bonchev–Trinajstić information content (AvgIpc) is 2.51. The first-order chi connectivity index (χ1) is 8.41. The molecule has 0 spiro atoms. The van der Waals surface area contributed by atoms with E-state index in [1.165, 1.54) is 0 Å². The summed E-state index contributed by atoms with van der Waals surface area (Å²) in [5.41, 5.74) is 6.85. The van der Waals surface area contributed by atoms with Crippen LogP contribution in [0, 0.1) is 0 Å². The van der Waals surface area contributed by atoms with Crippen molar-refractivity contribution in [2.75, 3.05) is 0 Å². The van der Waals surface area contributed by atoms with Crippen LogP contribution in [0.1, 0.15) is 24.3 Å². The number of carbonyl (C=O) groups is 1. The molecule has 0 aliphatic carbocycles. The smallest absolute Gasteiger partial charge is 0.266 e. The SMILES string of the molecule is CC(C)Sc1c(C(N)=O)n(C)c2ccc(O)cc12. The van der Waals surface area contributed by atoms with E-state index >= 15 is 0 Å². The average molecular weight is 264 g/mol. The normalized spacial score (nSPS) is 11.3. The maximum atomic E-state index is 11.6. The molecule has 1 amide bonds. The summed E-state index contributed by atoms with van der Waals surface area (Å²) in [5.74, 6) is -0.258. The molecule has 2 rings (SSSR count). The van der Waals surface area contributed by atoms with Crippen molar-refractivity contribution in [3.05, 3.63) is 23.9 Å². The number of nitrogens with zero attached hydrogens (tertiary/aromatic N) is 1. The van der Waals surface area contributed by atoms with Crippen molar-refractivity contribution in [1.29, 1.82) is 0 Å². The molecule has 5 heteroatoms. The Bertz CT molecular complexity index is 617. The summed E-state index contributed by atoms with van der Waals surface area (Å²) in [4.78, 5) is 12.4. The number of fused-ring (bicyclic) bond motifs is 1. The number of phenolic OH excluding ortho intramolecular Hbond substituents is 1. The van der Waals surface area contributed by atoms with Crippen LogP contribution in [0.3, 0.4) is 0 Å². The third-order valence-corrected chi connectivity index (χ3v) is 3.84. The lowest BCUT2D eigenvalue weighted by molar-refractivity contribution is 0.0990. The summed E-state index contributed by atoms with van der Waals surface area (Å²) in [6, 6.07) is 5.07. The summed E-state index contributed by atoms with van der Waals surface area (Å²) in [6.45, 7) is 4.11. The Morgan fingerprint density at radius 2 is 2.11 bits per heavy atom. The fourth-order valence-corrected chi connectivity index (χ4v) is 3.14. The Labute approximate surface area is 110 Å². The molecular weight excluding hydrogens is 248 g/mol. The number of carbonyl (C=O) groups excluding carboxylic acids is 1. The number of aryl methyl sites for hydroxylation is 1. The molecule has 1 aromatic heterocycles. The number of benzene rings is 1. The molecule has 0 saturated carbocycles. The minimum Gasteiger partial charge on any atom is -0.508 e. The Kier molecular flexibility index (Phi) is 3.26. The van der Waals surface area contributed by atoms with Gasteiger partial charge in [-0.15, -0.1) is 11.8 Å². The summed E-state index contributed by atoms with van der Waals surface area (Å²) < 4.78 is 1.78. The Hall–Kier alpha value is -1.62. The number of hydrogen-bond acceptors (Lipinski definition) is 3. The zero-order valence-corrected chi connectivity index (χ0v) is 11.4. The van der Waals surface area contributed by atoms with Gasteiger partial charge in [0.15, 0.2) is 0 Å². The molecule has 0 atom stereocenters. The molecule has 96 valence electrons. The van der Waals surface area contributed by atoms with Gasteiger partial charge in [0.1, 0.15) is 11.4 Å². The maximum absolute atomic E-state index is 11.6. The predicted molar refractivity (Wildman–Crippen MR) is 74.1 cm³/mol.